The van der Waals surface area contributed by atoms with Gasteiger partial charge in [-0.15, -0.1) is 0 Å². The van der Waals surface area contributed by atoms with Crippen molar-refractivity contribution < 1.29 is 14.0 Å². The van der Waals surface area contributed by atoms with Crippen molar-refractivity contribution in [2.24, 2.45) is 0 Å². The van der Waals surface area contributed by atoms with Gasteiger partial charge in [-0.05, 0) is 30.3 Å². The van der Waals surface area contributed by atoms with Gasteiger partial charge in [0.15, 0.2) is 5.43 Å². The summed E-state index contributed by atoms with van der Waals surface area (Å²) in [6.45, 7) is 0. The number of rotatable bonds is 2. The minimum absolute atomic E-state index is 0.0417. The highest BCUT2D eigenvalue weighted by Gasteiger charge is 2.35. The molecule has 3 aromatic rings. The molecule has 0 spiro atoms. The molecule has 4 rings (SSSR count). The highest BCUT2D eigenvalue weighted by Crippen LogP contribution is 2.27. The standard InChI is InChI=1S/C20H13NO4/c22-18-11-13(20(24)21(18)15-6-2-1-3-7-15)10-14-12-25-17-9-5-4-8-16(17)19(14)23/h1-10,12H,11H2/b13-10-. The van der Waals surface area contributed by atoms with Gasteiger partial charge in [-0.2, -0.15) is 0 Å². The lowest BCUT2D eigenvalue weighted by Gasteiger charge is -2.12. The summed E-state index contributed by atoms with van der Waals surface area (Å²) >= 11 is 0. The normalized spacial score (nSPS) is 16.2. The van der Waals surface area contributed by atoms with E-state index in [9.17, 15) is 14.4 Å². The van der Waals surface area contributed by atoms with Crippen LogP contribution < -0.4 is 10.3 Å². The zero-order valence-corrected chi connectivity index (χ0v) is 13.1. The van der Waals surface area contributed by atoms with Gasteiger partial charge in [0.1, 0.15) is 11.8 Å². The summed E-state index contributed by atoms with van der Waals surface area (Å²) in [6.07, 6.45) is 2.72. The van der Waals surface area contributed by atoms with E-state index in [0.29, 0.717) is 16.7 Å². The van der Waals surface area contributed by atoms with Crippen LogP contribution in [0, 0.1) is 0 Å². The predicted molar refractivity (Wildman–Crippen MR) is 94.0 cm³/mol. The molecule has 1 aromatic heterocycles. The molecular weight excluding hydrogens is 318 g/mol. The lowest BCUT2D eigenvalue weighted by Crippen LogP contribution is -2.28. The van der Waals surface area contributed by atoms with Crippen LogP contribution in [0.1, 0.15) is 12.0 Å². The second-order valence-corrected chi connectivity index (χ2v) is 5.73. The van der Waals surface area contributed by atoms with Crippen LogP contribution in [0.15, 0.2) is 75.6 Å². The summed E-state index contributed by atoms with van der Waals surface area (Å²) in [7, 11) is 0. The fourth-order valence-corrected chi connectivity index (χ4v) is 2.91. The molecule has 2 heterocycles. The van der Waals surface area contributed by atoms with E-state index >= 15 is 0 Å². The summed E-state index contributed by atoms with van der Waals surface area (Å²) in [5.41, 5.74) is 1.30. The fourth-order valence-electron chi connectivity index (χ4n) is 2.91. The van der Waals surface area contributed by atoms with Gasteiger partial charge in [0, 0.05) is 5.57 Å². The molecule has 2 amide bonds. The van der Waals surface area contributed by atoms with Crippen LogP contribution in [0.3, 0.4) is 0 Å². The lowest BCUT2D eigenvalue weighted by atomic mass is 10.1. The number of hydrogen-bond donors (Lipinski definition) is 0. The molecule has 1 fully saturated rings. The summed E-state index contributed by atoms with van der Waals surface area (Å²) < 4.78 is 5.45. The molecule has 1 aliphatic rings. The van der Waals surface area contributed by atoms with Crippen molar-refractivity contribution in [3.63, 3.8) is 0 Å². The van der Waals surface area contributed by atoms with E-state index in [4.69, 9.17) is 4.42 Å². The van der Waals surface area contributed by atoms with Crippen molar-refractivity contribution >= 4 is 34.5 Å². The molecule has 0 saturated carbocycles. The average Bonchev–Trinajstić information content (AvgIpc) is 2.92. The highest BCUT2D eigenvalue weighted by molar-refractivity contribution is 6.29. The molecule has 0 atom stereocenters. The zero-order chi connectivity index (χ0) is 17.4. The van der Waals surface area contributed by atoms with Crippen molar-refractivity contribution in [2.75, 3.05) is 4.90 Å². The fraction of sp³-hybridized carbons (Fsp3) is 0.0500. The first-order valence-electron chi connectivity index (χ1n) is 7.78. The van der Waals surface area contributed by atoms with E-state index in [1.54, 1.807) is 48.5 Å². The SMILES string of the molecule is O=C1C/C(=C/c2coc3ccccc3c2=O)C(=O)N1c1ccccc1. The Labute approximate surface area is 142 Å². The third-order valence-corrected chi connectivity index (χ3v) is 4.12. The largest absolute Gasteiger partial charge is 0.463 e. The third-order valence-electron chi connectivity index (χ3n) is 4.12. The van der Waals surface area contributed by atoms with Gasteiger partial charge in [0.25, 0.3) is 5.91 Å². The number of para-hydroxylation sites is 2. The Morgan fingerprint density at radius 1 is 0.920 bits per heavy atom. The Morgan fingerprint density at radius 3 is 2.44 bits per heavy atom. The quantitative estimate of drug-likeness (QED) is 0.534. The number of hydrogen-bond acceptors (Lipinski definition) is 4. The first-order chi connectivity index (χ1) is 12.1. The van der Waals surface area contributed by atoms with E-state index in [0.717, 1.165) is 4.90 Å². The van der Waals surface area contributed by atoms with Crippen LogP contribution in [0.5, 0.6) is 0 Å². The second kappa shape index (κ2) is 5.87. The molecular formula is C20H13NO4. The molecule has 0 unspecified atom stereocenters. The first kappa shape index (κ1) is 15.1. The van der Waals surface area contributed by atoms with Gasteiger partial charge in [0.2, 0.25) is 5.91 Å². The second-order valence-electron chi connectivity index (χ2n) is 5.73. The van der Waals surface area contributed by atoms with Crippen LogP contribution in [-0.4, -0.2) is 11.8 Å². The molecule has 1 saturated heterocycles. The van der Waals surface area contributed by atoms with Gasteiger partial charge >= 0.3 is 0 Å². The van der Waals surface area contributed by atoms with Crippen LogP contribution >= 0.6 is 0 Å². The lowest BCUT2D eigenvalue weighted by molar-refractivity contribution is -0.120. The number of nitrogens with zero attached hydrogens (tertiary/aromatic N) is 1. The number of anilines is 1. The Morgan fingerprint density at radius 2 is 1.64 bits per heavy atom. The Balaban J connectivity index is 1.76. The van der Waals surface area contributed by atoms with Crippen molar-refractivity contribution in [1.82, 2.24) is 0 Å². The number of benzene rings is 2. The topological polar surface area (TPSA) is 67.6 Å². The molecule has 5 nitrogen and oxygen atoms in total. The van der Waals surface area contributed by atoms with Crippen molar-refractivity contribution in [3.8, 4) is 0 Å². The van der Waals surface area contributed by atoms with Gasteiger partial charge in [-0.3, -0.25) is 14.4 Å². The Kier molecular flexibility index (Phi) is 3.54. The van der Waals surface area contributed by atoms with Gasteiger partial charge < -0.3 is 4.42 Å². The molecule has 0 aliphatic carbocycles. The molecule has 0 N–H and O–H groups in total. The van der Waals surface area contributed by atoms with Crippen molar-refractivity contribution in [3.05, 3.63) is 82.2 Å². The van der Waals surface area contributed by atoms with Crippen molar-refractivity contribution in [1.29, 1.82) is 0 Å². The van der Waals surface area contributed by atoms with Crippen LogP contribution in [0.4, 0.5) is 5.69 Å². The minimum Gasteiger partial charge on any atom is -0.463 e. The predicted octanol–water partition coefficient (Wildman–Crippen LogP) is 3.14. The summed E-state index contributed by atoms with van der Waals surface area (Å²) in [5, 5.41) is 0.438. The zero-order valence-electron chi connectivity index (χ0n) is 13.1. The summed E-state index contributed by atoms with van der Waals surface area (Å²) in [4.78, 5) is 38.5. The number of fused-ring (bicyclic) bond motifs is 1. The highest BCUT2D eigenvalue weighted by atomic mass is 16.3. The first-order valence-corrected chi connectivity index (χ1v) is 7.78. The Bertz CT molecular complexity index is 1080. The molecule has 0 bridgehead atoms. The average molecular weight is 331 g/mol. The van der Waals surface area contributed by atoms with Crippen LogP contribution in [-0.2, 0) is 9.59 Å². The molecule has 2 aromatic carbocycles. The van der Waals surface area contributed by atoms with E-state index in [2.05, 4.69) is 0 Å². The van der Waals surface area contributed by atoms with Gasteiger partial charge in [0.05, 0.1) is 23.1 Å². The minimum atomic E-state index is -0.413. The Hall–Kier alpha value is -3.47. The number of carbonyl (C=O) groups is 2. The number of amides is 2. The van der Waals surface area contributed by atoms with Crippen LogP contribution in [0.2, 0.25) is 0 Å². The molecule has 25 heavy (non-hydrogen) atoms. The van der Waals surface area contributed by atoms with E-state index in [-0.39, 0.29) is 28.9 Å². The van der Waals surface area contributed by atoms with Gasteiger partial charge in [-0.1, -0.05) is 30.3 Å². The van der Waals surface area contributed by atoms with E-state index in [1.165, 1.54) is 12.3 Å². The maximum Gasteiger partial charge on any atom is 0.261 e. The third kappa shape index (κ3) is 2.55. The number of carbonyl (C=O) groups excluding carboxylic acids is 2. The monoisotopic (exact) mass is 331 g/mol. The molecule has 0 radical (unpaired) electrons. The molecule has 122 valence electrons. The van der Waals surface area contributed by atoms with Crippen molar-refractivity contribution in [2.45, 2.75) is 6.42 Å². The maximum absolute atomic E-state index is 12.6. The molecule has 5 heteroatoms. The molecule has 1 aliphatic heterocycles. The summed E-state index contributed by atoms with van der Waals surface area (Å²) in [6, 6.07) is 15.6. The van der Waals surface area contributed by atoms with Crippen LogP contribution in [0.25, 0.3) is 17.0 Å². The van der Waals surface area contributed by atoms with E-state index < -0.39 is 5.91 Å². The summed E-state index contributed by atoms with van der Waals surface area (Å²) in [5.74, 6) is -0.726. The van der Waals surface area contributed by atoms with Gasteiger partial charge in [-0.25, -0.2) is 4.90 Å². The number of imide groups is 1. The maximum atomic E-state index is 12.6. The van der Waals surface area contributed by atoms with E-state index in [1.807, 2.05) is 6.07 Å². The smallest absolute Gasteiger partial charge is 0.261 e.